The normalized spacial score (nSPS) is 14.2. The van der Waals surface area contributed by atoms with E-state index in [0.29, 0.717) is 10.0 Å². The van der Waals surface area contributed by atoms with Gasteiger partial charge in [-0.15, -0.1) is 0 Å². The fraction of sp³-hybridized carbons (Fsp3) is 0.214. The SMILES string of the molecule is CC(c1ccccn1)C(O)c1ccc(Br)c(F)c1. The predicted octanol–water partition coefficient (Wildman–Crippen LogP) is 3.82. The molecule has 1 aromatic carbocycles. The smallest absolute Gasteiger partial charge is 0.137 e. The third-order valence-electron chi connectivity index (χ3n) is 2.91. The summed E-state index contributed by atoms with van der Waals surface area (Å²) in [5, 5.41) is 10.2. The molecule has 0 aliphatic rings. The van der Waals surface area contributed by atoms with E-state index in [4.69, 9.17) is 0 Å². The first kappa shape index (κ1) is 13.2. The van der Waals surface area contributed by atoms with Crippen molar-refractivity contribution in [3.05, 3.63) is 64.1 Å². The van der Waals surface area contributed by atoms with Gasteiger partial charge in [-0.1, -0.05) is 19.1 Å². The molecule has 0 saturated heterocycles. The number of benzene rings is 1. The van der Waals surface area contributed by atoms with Crippen molar-refractivity contribution >= 4 is 15.9 Å². The van der Waals surface area contributed by atoms with Crippen molar-refractivity contribution in [2.24, 2.45) is 0 Å². The predicted molar refractivity (Wildman–Crippen MR) is 71.7 cm³/mol. The summed E-state index contributed by atoms with van der Waals surface area (Å²) in [6.45, 7) is 1.87. The van der Waals surface area contributed by atoms with Gasteiger partial charge in [0.15, 0.2) is 0 Å². The molecule has 18 heavy (non-hydrogen) atoms. The molecule has 1 aromatic heterocycles. The van der Waals surface area contributed by atoms with Gasteiger partial charge in [-0.2, -0.15) is 0 Å². The molecular formula is C14H13BrFNO. The molecule has 1 heterocycles. The maximum atomic E-state index is 13.4. The minimum atomic E-state index is -0.775. The topological polar surface area (TPSA) is 33.1 Å². The summed E-state index contributed by atoms with van der Waals surface area (Å²) in [6, 6.07) is 10.2. The number of hydrogen-bond acceptors (Lipinski definition) is 2. The van der Waals surface area contributed by atoms with Crippen LogP contribution in [0.15, 0.2) is 47.1 Å². The van der Waals surface area contributed by atoms with E-state index in [9.17, 15) is 9.50 Å². The van der Waals surface area contributed by atoms with Crippen LogP contribution in [0, 0.1) is 5.82 Å². The Hall–Kier alpha value is -1.26. The monoisotopic (exact) mass is 309 g/mol. The van der Waals surface area contributed by atoms with Gasteiger partial charge < -0.3 is 5.11 Å². The molecule has 0 fully saturated rings. The van der Waals surface area contributed by atoms with E-state index >= 15 is 0 Å². The van der Waals surface area contributed by atoms with Gasteiger partial charge >= 0.3 is 0 Å². The lowest BCUT2D eigenvalue weighted by molar-refractivity contribution is 0.149. The molecule has 0 saturated carbocycles. The molecular weight excluding hydrogens is 297 g/mol. The number of aliphatic hydroxyl groups is 1. The Labute approximate surface area is 114 Å². The third kappa shape index (κ3) is 2.76. The van der Waals surface area contributed by atoms with Crippen LogP contribution in [0.5, 0.6) is 0 Å². The Morgan fingerprint density at radius 3 is 2.67 bits per heavy atom. The van der Waals surface area contributed by atoms with Gasteiger partial charge in [-0.05, 0) is 45.8 Å². The van der Waals surface area contributed by atoms with Crippen LogP contribution in [-0.4, -0.2) is 10.1 Å². The molecule has 2 rings (SSSR count). The molecule has 0 aliphatic heterocycles. The van der Waals surface area contributed by atoms with Crippen LogP contribution in [0.3, 0.4) is 0 Å². The second-order valence-electron chi connectivity index (χ2n) is 4.16. The zero-order valence-electron chi connectivity index (χ0n) is 9.85. The molecule has 2 atom stereocenters. The Morgan fingerprint density at radius 2 is 2.06 bits per heavy atom. The van der Waals surface area contributed by atoms with Crippen LogP contribution >= 0.6 is 15.9 Å². The summed E-state index contributed by atoms with van der Waals surface area (Å²) in [7, 11) is 0. The van der Waals surface area contributed by atoms with Crippen LogP contribution in [0.2, 0.25) is 0 Å². The number of halogens is 2. The van der Waals surface area contributed by atoms with Crippen molar-refractivity contribution in [1.29, 1.82) is 0 Å². The summed E-state index contributed by atoms with van der Waals surface area (Å²) in [5.41, 5.74) is 1.34. The van der Waals surface area contributed by atoms with Crippen LogP contribution in [0.25, 0.3) is 0 Å². The molecule has 4 heteroatoms. The Morgan fingerprint density at radius 1 is 1.28 bits per heavy atom. The van der Waals surface area contributed by atoms with E-state index in [1.807, 2.05) is 25.1 Å². The molecule has 0 amide bonds. The highest BCUT2D eigenvalue weighted by Crippen LogP contribution is 2.30. The van der Waals surface area contributed by atoms with Crippen molar-refractivity contribution < 1.29 is 9.50 Å². The third-order valence-corrected chi connectivity index (χ3v) is 3.56. The van der Waals surface area contributed by atoms with Crippen LogP contribution < -0.4 is 0 Å². The molecule has 0 radical (unpaired) electrons. The average Bonchev–Trinajstić information content (AvgIpc) is 2.41. The summed E-state index contributed by atoms with van der Waals surface area (Å²) < 4.78 is 13.8. The quantitative estimate of drug-likeness (QED) is 0.935. The van der Waals surface area contributed by atoms with E-state index in [1.165, 1.54) is 6.07 Å². The number of rotatable bonds is 3. The van der Waals surface area contributed by atoms with Crippen molar-refractivity contribution in [3.63, 3.8) is 0 Å². The molecule has 94 valence electrons. The van der Waals surface area contributed by atoms with Gasteiger partial charge in [-0.25, -0.2) is 4.39 Å². The lowest BCUT2D eigenvalue weighted by Crippen LogP contribution is -2.09. The zero-order valence-corrected chi connectivity index (χ0v) is 11.4. The van der Waals surface area contributed by atoms with E-state index < -0.39 is 6.10 Å². The first-order valence-corrected chi connectivity index (χ1v) is 6.43. The number of hydrogen-bond donors (Lipinski definition) is 1. The van der Waals surface area contributed by atoms with Gasteiger partial charge in [0.1, 0.15) is 5.82 Å². The zero-order chi connectivity index (χ0) is 13.1. The van der Waals surface area contributed by atoms with E-state index in [-0.39, 0.29) is 11.7 Å². The van der Waals surface area contributed by atoms with Crippen LogP contribution in [-0.2, 0) is 0 Å². The lowest BCUT2D eigenvalue weighted by atomic mass is 9.94. The molecule has 1 N–H and O–H groups in total. The summed E-state index contributed by atoms with van der Waals surface area (Å²) in [6.07, 6.45) is 0.906. The minimum Gasteiger partial charge on any atom is -0.388 e. The molecule has 0 bridgehead atoms. The number of nitrogens with zero attached hydrogens (tertiary/aromatic N) is 1. The molecule has 2 unspecified atom stereocenters. The maximum Gasteiger partial charge on any atom is 0.137 e. The lowest BCUT2D eigenvalue weighted by Gasteiger charge is -2.19. The van der Waals surface area contributed by atoms with Crippen LogP contribution in [0.1, 0.15) is 30.2 Å². The van der Waals surface area contributed by atoms with Crippen molar-refractivity contribution in [2.45, 2.75) is 18.9 Å². The number of aromatic nitrogens is 1. The van der Waals surface area contributed by atoms with E-state index in [1.54, 1.807) is 18.3 Å². The van der Waals surface area contributed by atoms with E-state index in [0.717, 1.165) is 5.69 Å². The fourth-order valence-corrected chi connectivity index (χ4v) is 2.04. The fourth-order valence-electron chi connectivity index (χ4n) is 1.79. The van der Waals surface area contributed by atoms with Gasteiger partial charge in [-0.3, -0.25) is 4.98 Å². The minimum absolute atomic E-state index is 0.188. The molecule has 2 aromatic rings. The second-order valence-corrected chi connectivity index (χ2v) is 5.02. The van der Waals surface area contributed by atoms with Gasteiger partial charge in [0.25, 0.3) is 0 Å². The standard InChI is InChI=1S/C14H13BrFNO/c1-9(13-4-2-3-7-17-13)14(18)10-5-6-11(15)12(16)8-10/h2-9,14,18H,1H3. The molecule has 0 spiro atoms. The van der Waals surface area contributed by atoms with Gasteiger partial charge in [0.2, 0.25) is 0 Å². The van der Waals surface area contributed by atoms with Crippen molar-refractivity contribution in [3.8, 4) is 0 Å². The van der Waals surface area contributed by atoms with Crippen molar-refractivity contribution in [2.75, 3.05) is 0 Å². The van der Waals surface area contributed by atoms with E-state index in [2.05, 4.69) is 20.9 Å². The highest BCUT2D eigenvalue weighted by Gasteiger charge is 2.20. The number of pyridine rings is 1. The molecule has 2 nitrogen and oxygen atoms in total. The first-order valence-electron chi connectivity index (χ1n) is 5.63. The number of aliphatic hydroxyl groups excluding tert-OH is 1. The van der Waals surface area contributed by atoms with Crippen molar-refractivity contribution in [1.82, 2.24) is 4.98 Å². The summed E-state index contributed by atoms with van der Waals surface area (Å²) in [4.78, 5) is 4.20. The second kappa shape index (κ2) is 5.59. The Bertz CT molecular complexity index is 533. The molecule has 0 aliphatic carbocycles. The van der Waals surface area contributed by atoms with Gasteiger partial charge in [0, 0.05) is 17.8 Å². The summed E-state index contributed by atoms with van der Waals surface area (Å²) >= 11 is 3.09. The maximum absolute atomic E-state index is 13.4. The van der Waals surface area contributed by atoms with Crippen LogP contribution in [0.4, 0.5) is 4.39 Å². The largest absolute Gasteiger partial charge is 0.388 e. The highest BCUT2D eigenvalue weighted by atomic mass is 79.9. The Balaban J connectivity index is 2.25. The van der Waals surface area contributed by atoms with Gasteiger partial charge in [0.05, 0.1) is 10.6 Å². The summed E-state index contributed by atoms with van der Waals surface area (Å²) in [5.74, 6) is -0.563. The Kier molecular flexibility index (Phi) is 4.09. The first-order chi connectivity index (χ1) is 8.59. The highest BCUT2D eigenvalue weighted by molar-refractivity contribution is 9.10. The average molecular weight is 310 g/mol.